The van der Waals surface area contributed by atoms with Gasteiger partial charge in [-0.1, -0.05) is 6.07 Å². The lowest BCUT2D eigenvalue weighted by Gasteiger charge is -2.39. The Balaban J connectivity index is 1.75. The summed E-state index contributed by atoms with van der Waals surface area (Å²) in [5, 5.41) is 2.84. The zero-order valence-electron chi connectivity index (χ0n) is 13.9. The molecule has 6 heteroatoms. The molecule has 1 N–H and O–H groups in total. The number of hydrogen-bond donors (Lipinski definition) is 1. The third kappa shape index (κ3) is 3.53. The molecule has 0 saturated carbocycles. The van der Waals surface area contributed by atoms with Crippen molar-refractivity contribution in [3.05, 3.63) is 48.2 Å². The number of aryl methyl sites for hydroxylation is 1. The van der Waals surface area contributed by atoms with Crippen LogP contribution in [0.2, 0.25) is 0 Å². The van der Waals surface area contributed by atoms with Gasteiger partial charge in [-0.15, -0.1) is 0 Å². The lowest BCUT2D eigenvalue weighted by atomic mass is 9.81. The second-order valence-corrected chi connectivity index (χ2v) is 6.57. The highest BCUT2D eigenvalue weighted by molar-refractivity contribution is 5.95. The molecule has 5 nitrogen and oxygen atoms in total. The van der Waals surface area contributed by atoms with E-state index in [2.05, 4.69) is 20.2 Å². The van der Waals surface area contributed by atoms with Crippen LogP contribution in [0.1, 0.15) is 25.5 Å². The summed E-state index contributed by atoms with van der Waals surface area (Å²) >= 11 is 0. The average molecular weight is 328 g/mol. The Morgan fingerprint density at radius 3 is 2.92 bits per heavy atom. The summed E-state index contributed by atoms with van der Waals surface area (Å²) in [5.74, 6) is 0.384. The molecule has 1 atom stereocenters. The Bertz CT molecular complexity index is 751. The van der Waals surface area contributed by atoms with Crippen LogP contribution in [0.5, 0.6) is 0 Å². The van der Waals surface area contributed by atoms with Crippen molar-refractivity contribution in [2.45, 2.75) is 26.7 Å². The molecule has 2 aromatic rings. The van der Waals surface area contributed by atoms with Crippen molar-refractivity contribution < 1.29 is 9.18 Å². The van der Waals surface area contributed by atoms with Gasteiger partial charge in [-0.3, -0.25) is 4.79 Å². The number of anilines is 2. The number of hydrogen-bond acceptors (Lipinski definition) is 4. The first-order valence-electron chi connectivity index (χ1n) is 8.07. The molecule has 2 heterocycles. The maximum absolute atomic E-state index is 13.3. The number of piperidine rings is 1. The van der Waals surface area contributed by atoms with E-state index in [1.807, 2.05) is 19.9 Å². The molecule has 1 saturated heterocycles. The number of rotatable bonds is 3. The van der Waals surface area contributed by atoms with Gasteiger partial charge in [0, 0.05) is 30.5 Å². The van der Waals surface area contributed by atoms with E-state index in [4.69, 9.17) is 0 Å². The molecule has 1 fully saturated rings. The molecule has 0 unspecified atom stereocenters. The minimum atomic E-state index is -0.552. The van der Waals surface area contributed by atoms with Crippen molar-refractivity contribution in [2.75, 3.05) is 23.3 Å². The Hall–Kier alpha value is -2.50. The predicted molar refractivity (Wildman–Crippen MR) is 91.4 cm³/mol. The van der Waals surface area contributed by atoms with E-state index >= 15 is 0 Å². The molecule has 126 valence electrons. The van der Waals surface area contributed by atoms with Crippen LogP contribution < -0.4 is 10.2 Å². The molecule has 1 aliphatic rings. The van der Waals surface area contributed by atoms with Crippen LogP contribution in [0.4, 0.5) is 15.9 Å². The van der Waals surface area contributed by atoms with Crippen molar-refractivity contribution in [3.63, 3.8) is 0 Å². The number of carbonyl (C=O) groups excluding carboxylic acids is 1. The lowest BCUT2D eigenvalue weighted by Crippen LogP contribution is -2.48. The summed E-state index contributed by atoms with van der Waals surface area (Å²) in [6.45, 7) is 5.30. The van der Waals surface area contributed by atoms with Gasteiger partial charge < -0.3 is 10.2 Å². The highest BCUT2D eigenvalue weighted by Crippen LogP contribution is 2.33. The Kier molecular flexibility index (Phi) is 4.46. The highest BCUT2D eigenvalue weighted by atomic mass is 19.1. The smallest absolute Gasteiger partial charge is 0.232 e. The first-order valence-corrected chi connectivity index (χ1v) is 8.07. The Morgan fingerprint density at radius 1 is 1.33 bits per heavy atom. The molecule has 3 rings (SSSR count). The van der Waals surface area contributed by atoms with Gasteiger partial charge in [-0.25, -0.2) is 14.4 Å². The summed E-state index contributed by atoms with van der Waals surface area (Å²) < 4.78 is 13.3. The summed E-state index contributed by atoms with van der Waals surface area (Å²) in [7, 11) is 0. The van der Waals surface area contributed by atoms with E-state index in [1.54, 1.807) is 18.5 Å². The maximum atomic E-state index is 13.3. The largest absolute Gasteiger partial charge is 0.355 e. The van der Waals surface area contributed by atoms with E-state index < -0.39 is 5.41 Å². The molecule has 0 aliphatic carbocycles. The van der Waals surface area contributed by atoms with E-state index in [1.165, 1.54) is 12.1 Å². The standard InChI is InChI=1S/C18H21FN4O/c1-13-9-16(21-12-20-13)23-8-4-7-18(2,11-23)17(24)22-15-6-3-5-14(19)10-15/h3,5-6,9-10,12H,4,7-8,11H2,1-2H3,(H,22,24)/t18-/m0/s1. The fraction of sp³-hybridized carbons (Fsp3) is 0.389. The van der Waals surface area contributed by atoms with Crippen molar-refractivity contribution in [1.82, 2.24) is 9.97 Å². The van der Waals surface area contributed by atoms with Gasteiger partial charge in [-0.05, 0) is 44.9 Å². The minimum Gasteiger partial charge on any atom is -0.355 e. The van der Waals surface area contributed by atoms with Crippen molar-refractivity contribution in [2.24, 2.45) is 5.41 Å². The quantitative estimate of drug-likeness (QED) is 0.940. The van der Waals surface area contributed by atoms with E-state index in [-0.39, 0.29) is 11.7 Å². The number of nitrogens with zero attached hydrogens (tertiary/aromatic N) is 3. The summed E-state index contributed by atoms with van der Waals surface area (Å²) in [6, 6.07) is 7.89. The van der Waals surface area contributed by atoms with Crippen molar-refractivity contribution >= 4 is 17.4 Å². The van der Waals surface area contributed by atoms with Gasteiger partial charge in [-0.2, -0.15) is 0 Å². The summed E-state index contributed by atoms with van der Waals surface area (Å²) in [6.07, 6.45) is 3.23. The monoisotopic (exact) mass is 328 g/mol. The van der Waals surface area contributed by atoms with Crippen LogP contribution in [0.3, 0.4) is 0 Å². The molecule has 0 bridgehead atoms. The normalized spacial score (nSPS) is 20.7. The van der Waals surface area contributed by atoms with Gasteiger partial charge in [0.25, 0.3) is 0 Å². The second-order valence-electron chi connectivity index (χ2n) is 6.57. The third-order valence-corrected chi connectivity index (χ3v) is 4.44. The number of amides is 1. The molecule has 24 heavy (non-hydrogen) atoms. The molecule has 0 radical (unpaired) electrons. The number of benzene rings is 1. The predicted octanol–water partition coefficient (Wildman–Crippen LogP) is 3.17. The molecule has 1 aromatic heterocycles. The first-order chi connectivity index (χ1) is 11.5. The molecular formula is C18H21FN4O. The molecular weight excluding hydrogens is 307 g/mol. The van der Waals surface area contributed by atoms with Crippen LogP contribution in [-0.2, 0) is 4.79 Å². The van der Waals surface area contributed by atoms with Crippen LogP contribution in [-0.4, -0.2) is 29.0 Å². The third-order valence-electron chi connectivity index (χ3n) is 4.44. The first kappa shape index (κ1) is 16.4. The molecule has 0 spiro atoms. The topological polar surface area (TPSA) is 58.1 Å². The SMILES string of the molecule is Cc1cc(N2CCC[C@](C)(C(=O)Nc3cccc(F)c3)C2)ncn1. The molecule has 1 aromatic carbocycles. The fourth-order valence-electron chi connectivity index (χ4n) is 3.08. The number of carbonyl (C=O) groups is 1. The van der Waals surface area contributed by atoms with E-state index in [0.717, 1.165) is 30.9 Å². The Morgan fingerprint density at radius 2 is 2.17 bits per heavy atom. The Labute approximate surface area is 140 Å². The highest BCUT2D eigenvalue weighted by Gasteiger charge is 2.38. The molecule has 1 aliphatic heterocycles. The number of nitrogens with one attached hydrogen (secondary N) is 1. The van der Waals surface area contributed by atoms with Gasteiger partial charge in [0.1, 0.15) is 18.0 Å². The zero-order chi connectivity index (χ0) is 17.2. The van der Waals surface area contributed by atoms with Gasteiger partial charge in [0.2, 0.25) is 5.91 Å². The van der Waals surface area contributed by atoms with Crippen LogP contribution in [0.15, 0.2) is 36.7 Å². The van der Waals surface area contributed by atoms with Crippen LogP contribution >= 0.6 is 0 Å². The number of halogens is 1. The summed E-state index contributed by atoms with van der Waals surface area (Å²) in [5.41, 5.74) is 0.830. The average Bonchev–Trinajstić information content (AvgIpc) is 2.55. The van der Waals surface area contributed by atoms with E-state index in [0.29, 0.717) is 12.2 Å². The maximum Gasteiger partial charge on any atom is 0.232 e. The van der Waals surface area contributed by atoms with Crippen LogP contribution in [0.25, 0.3) is 0 Å². The fourth-order valence-corrected chi connectivity index (χ4v) is 3.08. The molecule has 1 amide bonds. The van der Waals surface area contributed by atoms with Gasteiger partial charge in [0.05, 0.1) is 5.41 Å². The minimum absolute atomic E-state index is 0.0939. The van der Waals surface area contributed by atoms with Crippen molar-refractivity contribution in [1.29, 1.82) is 0 Å². The zero-order valence-corrected chi connectivity index (χ0v) is 13.9. The van der Waals surface area contributed by atoms with Crippen LogP contribution in [0, 0.1) is 18.2 Å². The second kappa shape index (κ2) is 6.55. The van der Waals surface area contributed by atoms with Gasteiger partial charge >= 0.3 is 0 Å². The van der Waals surface area contributed by atoms with Gasteiger partial charge in [0.15, 0.2) is 0 Å². The van der Waals surface area contributed by atoms with Crippen molar-refractivity contribution in [3.8, 4) is 0 Å². The number of aromatic nitrogens is 2. The lowest BCUT2D eigenvalue weighted by molar-refractivity contribution is -0.125. The van der Waals surface area contributed by atoms with E-state index in [9.17, 15) is 9.18 Å². The summed E-state index contributed by atoms with van der Waals surface area (Å²) in [4.78, 5) is 23.3.